The molecule has 0 radical (unpaired) electrons. The summed E-state index contributed by atoms with van der Waals surface area (Å²) in [6.07, 6.45) is 1.60. The zero-order chi connectivity index (χ0) is 20.1. The SMILES string of the molecule is Nc1cc(OCc2c(OCCn3ccccc3=O)ccc(F)c2F)ccc1F. The fourth-order valence-electron chi connectivity index (χ4n) is 2.51. The highest BCUT2D eigenvalue weighted by Gasteiger charge is 2.16. The maximum absolute atomic E-state index is 14.2. The van der Waals surface area contributed by atoms with E-state index in [1.165, 1.54) is 28.8 Å². The predicted octanol–water partition coefficient (Wildman–Crippen LogP) is 3.51. The van der Waals surface area contributed by atoms with E-state index in [0.29, 0.717) is 0 Å². The number of ether oxygens (including phenoxy) is 2. The van der Waals surface area contributed by atoms with Crippen LogP contribution in [0.25, 0.3) is 0 Å². The average Bonchev–Trinajstić information content (AvgIpc) is 2.68. The molecule has 5 nitrogen and oxygen atoms in total. The van der Waals surface area contributed by atoms with Crippen molar-refractivity contribution in [3.05, 3.63) is 88.1 Å². The second-order valence-electron chi connectivity index (χ2n) is 5.89. The molecule has 1 aromatic heterocycles. The Bertz CT molecular complexity index is 1040. The van der Waals surface area contributed by atoms with Gasteiger partial charge in [-0.3, -0.25) is 4.79 Å². The van der Waals surface area contributed by atoms with Gasteiger partial charge in [-0.05, 0) is 30.3 Å². The predicted molar refractivity (Wildman–Crippen MR) is 97.7 cm³/mol. The third kappa shape index (κ3) is 4.46. The molecule has 2 N–H and O–H groups in total. The number of aromatic nitrogens is 1. The Morgan fingerprint density at radius 3 is 2.50 bits per heavy atom. The van der Waals surface area contributed by atoms with Crippen molar-refractivity contribution in [2.75, 3.05) is 12.3 Å². The lowest BCUT2D eigenvalue weighted by atomic mass is 10.2. The molecule has 0 saturated carbocycles. The highest BCUT2D eigenvalue weighted by Crippen LogP contribution is 2.27. The second-order valence-corrected chi connectivity index (χ2v) is 5.89. The first-order chi connectivity index (χ1) is 13.5. The van der Waals surface area contributed by atoms with Crippen LogP contribution in [0.5, 0.6) is 11.5 Å². The largest absolute Gasteiger partial charge is 0.491 e. The van der Waals surface area contributed by atoms with Crippen molar-refractivity contribution in [3.8, 4) is 11.5 Å². The van der Waals surface area contributed by atoms with Gasteiger partial charge in [-0.2, -0.15) is 0 Å². The molecule has 3 rings (SSSR count). The van der Waals surface area contributed by atoms with E-state index in [9.17, 15) is 18.0 Å². The van der Waals surface area contributed by atoms with Crippen LogP contribution in [0.1, 0.15) is 5.56 Å². The van der Waals surface area contributed by atoms with E-state index in [0.717, 1.165) is 12.1 Å². The molecule has 0 atom stereocenters. The number of hydrogen-bond acceptors (Lipinski definition) is 4. The molecule has 0 unspecified atom stereocenters. The smallest absolute Gasteiger partial charge is 0.250 e. The number of nitrogen functional groups attached to an aromatic ring is 1. The maximum Gasteiger partial charge on any atom is 0.250 e. The molecular formula is C20H17F3N2O3. The quantitative estimate of drug-likeness (QED) is 0.627. The summed E-state index contributed by atoms with van der Waals surface area (Å²) in [4.78, 5) is 11.7. The number of rotatable bonds is 7. The maximum atomic E-state index is 14.2. The summed E-state index contributed by atoms with van der Waals surface area (Å²) in [5.41, 5.74) is 5.01. The first-order valence-corrected chi connectivity index (χ1v) is 8.38. The van der Waals surface area contributed by atoms with Gasteiger partial charge in [0.05, 0.1) is 17.8 Å². The van der Waals surface area contributed by atoms with Crippen LogP contribution in [-0.2, 0) is 13.2 Å². The van der Waals surface area contributed by atoms with Crippen molar-refractivity contribution in [3.63, 3.8) is 0 Å². The molecule has 146 valence electrons. The highest BCUT2D eigenvalue weighted by atomic mass is 19.2. The molecule has 0 aliphatic carbocycles. The highest BCUT2D eigenvalue weighted by molar-refractivity contribution is 5.45. The Labute approximate surface area is 158 Å². The van der Waals surface area contributed by atoms with Crippen LogP contribution in [0, 0.1) is 17.5 Å². The molecule has 0 amide bonds. The number of nitrogens with zero attached hydrogens (tertiary/aromatic N) is 1. The lowest BCUT2D eigenvalue weighted by Crippen LogP contribution is -2.21. The Morgan fingerprint density at radius 1 is 0.964 bits per heavy atom. The van der Waals surface area contributed by atoms with Gasteiger partial charge in [0, 0.05) is 18.3 Å². The Morgan fingerprint density at radius 2 is 1.75 bits per heavy atom. The summed E-state index contributed by atoms with van der Waals surface area (Å²) >= 11 is 0. The van der Waals surface area contributed by atoms with Crippen LogP contribution < -0.4 is 20.8 Å². The van der Waals surface area contributed by atoms with Crippen molar-refractivity contribution in [2.45, 2.75) is 13.2 Å². The van der Waals surface area contributed by atoms with Crippen molar-refractivity contribution in [2.24, 2.45) is 0 Å². The van der Waals surface area contributed by atoms with E-state index in [1.54, 1.807) is 18.3 Å². The van der Waals surface area contributed by atoms with Gasteiger partial charge in [0.1, 0.15) is 30.5 Å². The monoisotopic (exact) mass is 390 g/mol. The number of hydrogen-bond donors (Lipinski definition) is 1. The van der Waals surface area contributed by atoms with Gasteiger partial charge in [-0.1, -0.05) is 6.07 Å². The molecule has 2 aromatic carbocycles. The van der Waals surface area contributed by atoms with Gasteiger partial charge in [0.2, 0.25) is 0 Å². The molecule has 0 fully saturated rings. The summed E-state index contributed by atoms with van der Waals surface area (Å²) in [5.74, 6) is -2.49. The number of benzene rings is 2. The van der Waals surface area contributed by atoms with Gasteiger partial charge in [-0.15, -0.1) is 0 Å². The molecular weight excluding hydrogens is 373 g/mol. The van der Waals surface area contributed by atoms with E-state index >= 15 is 0 Å². The first-order valence-electron chi connectivity index (χ1n) is 8.38. The standard InChI is InChI=1S/C20H17F3N2O3/c21-15-5-4-13(11-17(15)24)28-12-14-18(7-6-16(22)20(14)23)27-10-9-25-8-2-1-3-19(25)26/h1-8,11H,9-10,12,24H2. The fourth-order valence-corrected chi connectivity index (χ4v) is 2.51. The molecule has 0 aliphatic heterocycles. The van der Waals surface area contributed by atoms with Crippen molar-refractivity contribution in [1.82, 2.24) is 4.57 Å². The summed E-state index contributed by atoms with van der Waals surface area (Å²) in [5, 5.41) is 0. The van der Waals surface area contributed by atoms with E-state index in [2.05, 4.69) is 0 Å². The molecule has 0 saturated heterocycles. The second kappa shape index (κ2) is 8.51. The van der Waals surface area contributed by atoms with E-state index in [4.69, 9.17) is 15.2 Å². The van der Waals surface area contributed by atoms with Gasteiger partial charge in [0.15, 0.2) is 11.6 Å². The van der Waals surface area contributed by atoms with E-state index in [-0.39, 0.29) is 48.1 Å². The fraction of sp³-hybridized carbons (Fsp3) is 0.150. The minimum absolute atomic E-state index is 0.0610. The zero-order valence-corrected chi connectivity index (χ0v) is 14.7. The van der Waals surface area contributed by atoms with Crippen molar-refractivity contribution >= 4 is 5.69 Å². The lowest BCUT2D eigenvalue weighted by molar-refractivity contribution is 0.262. The van der Waals surface area contributed by atoms with Crippen molar-refractivity contribution < 1.29 is 22.6 Å². The third-order valence-electron chi connectivity index (χ3n) is 3.99. The van der Waals surface area contributed by atoms with Crippen LogP contribution in [0.15, 0.2) is 59.5 Å². The van der Waals surface area contributed by atoms with Gasteiger partial charge >= 0.3 is 0 Å². The Balaban J connectivity index is 1.72. The summed E-state index contributed by atoms with van der Waals surface area (Å²) in [6.45, 7) is -0.0613. The molecule has 3 aromatic rings. The minimum atomic E-state index is -1.11. The summed E-state index contributed by atoms with van der Waals surface area (Å²) in [6, 6.07) is 10.6. The van der Waals surface area contributed by atoms with Gasteiger partial charge in [0.25, 0.3) is 5.56 Å². The lowest BCUT2D eigenvalue weighted by Gasteiger charge is -2.14. The van der Waals surface area contributed by atoms with E-state index < -0.39 is 17.5 Å². The first kappa shape index (κ1) is 19.3. The number of pyridine rings is 1. The summed E-state index contributed by atoms with van der Waals surface area (Å²) < 4.78 is 53.5. The Kier molecular flexibility index (Phi) is 5.88. The third-order valence-corrected chi connectivity index (χ3v) is 3.99. The molecule has 28 heavy (non-hydrogen) atoms. The molecule has 1 heterocycles. The normalized spacial score (nSPS) is 10.7. The average molecular weight is 390 g/mol. The molecule has 0 spiro atoms. The van der Waals surface area contributed by atoms with Gasteiger partial charge in [-0.25, -0.2) is 13.2 Å². The van der Waals surface area contributed by atoms with Crippen LogP contribution in [0.3, 0.4) is 0 Å². The Hall–Kier alpha value is -3.42. The number of halogens is 3. The summed E-state index contributed by atoms with van der Waals surface area (Å²) in [7, 11) is 0. The van der Waals surface area contributed by atoms with Crippen molar-refractivity contribution in [1.29, 1.82) is 0 Å². The minimum Gasteiger partial charge on any atom is -0.491 e. The van der Waals surface area contributed by atoms with Gasteiger partial charge < -0.3 is 19.8 Å². The number of anilines is 1. The van der Waals surface area contributed by atoms with Crippen LogP contribution >= 0.6 is 0 Å². The molecule has 8 heteroatoms. The van der Waals surface area contributed by atoms with Crippen LogP contribution in [0.4, 0.5) is 18.9 Å². The zero-order valence-electron chi connectivity index (χ0n) is 14.7. The topological polar surface area (TPSA) is 66.5 Å². The van der Waals surface area contributed by atoms with Crippen LogP contribution in [0.2, 0.25) is 0 Å². The molecule has 0 aliphatic rings. The molecule has 0 bridgehead atoms. The van der Waals surface area contributed by atoms with E-state index in [1.807, 2.05) is 0 Å². The number of nitrogens with two attached hydrogens (primary N) is 1. The van der Waals surface area contributed by atoms with Crippen LogP contribution in [-0.4, -0.2) is 11.2 Å².